The van der Waals surface area contributed by atoms with E-state index in [1.807, 2.05) is 31.2 Å². The highest BCUT2D eigenvalue weighted by Crippen LogP contribution is 2.13. The number of anilines is 1. The average Bonchev–Trinajstić information content (AvgIpc) is 2.09. The normalized spacial score (nSPS) is 12.5. The summed E-state index contributed by atoms with van der Waals surface area (Å²) in [6.07, 6.45) is 0. The molecular formula is C8H11NO2S. The largest absolute Gasteiger partial charge is 0.282 e. The van der Waals surface area contributed by atoms with Gasteiger partial charge >= 0.3 is 0 Å². The minimum Gasteiger partial charge on any atom is -0.282 e. The van der Waals surface area contributed by atoms with Gasteiger partial charge in [-0.25, -0.2) is 4.21 Å². The van der Waals surface area contributed by atoms with Crippen LogP contribution in [0.2, 0.25) is 0 Å². The number of rotatable bonds is 3. The van der Waals surface area contributed by atoms with Crippen molar-refractivity contribution >= 4 is 17.0 Å². The van der Waals surface area contributed by atoms with Crippen molar-refractivity contribution < 1.29 is 8.39 Å². The minimum atomic E-state index is -1.44. The zero-order valence-electron chi connectivity index (χ0n) is 7.03. The van der Waals surface area contributed by atoms with E-state index in [0.29, 0.717) is 0 Å². The van der Waals surface area contributed by atoms with E-state index in [-0.39, 0.29) is 0 Å². The van der Waals surface area contributed by atoms with Crippen molar-refractivity contribution in [1.82, 2.24) is 0 Å². The van der Waals surface area contributed by atoms with Crippen molar-refractivity contribution in [3.63, 3.8) is 0 Å². The lowest BCUT2D eigenvalue weighted by atomic mass is 10.2. The first-order valence-corrected chi connectivity index (χ1v) is 4.60. The van der Waals surface area contributed by atoms with E-state index < -0.39 is 11.3 Å². The van der Waals surface area contributed by atoms with Crippen LogP contribution in [0.15, 0.2) is 24.3 Å². The van der Waals surface area contributed by atoms with E-state index in [4.69, 9.17) is 0 Å². The molecule has 0 saturated carbocycles. The van der Waals surface area contributed by atoms with Crippen LogP contribution in [0.3, 0.4) is 0 Å². The summed E-state index contributed by atoms with van der Waals surface area (Å²) in [6.45, 7) is 1.94. The summed E-state index contributed by atoms with van der Waals surface area (Å²) < 4.78 is 18.2. The first kappa shape index (κ1) is 9.22. The zero-order valence-corrected chi connectivity index (χ0v) is 7.85. The second-order valence-corrected chi connectivity index (χ2v) is 3.33. The molecule has 0 heterocycles. The molecular weight excluding hydrogens is 174 g/mol. The number of para-hydroxylation sites is 1. The molecule has 0 fully saturated rings. The molecule has 1 N–H and O–H groups in total. The predicted octanol–water partition coefficient (Wildman–Crippen LogP) is 1.63. The van der Waals surface area contributed by atoms with Crippen LogP contribution in [0.25, 0.3) is 0 Å². The van der Waals surface area contributed by atoms with Gasteiger partial charge in [-0.2, -0.15) is 0 Å². The van der Waals surface area contributed by atoms with Crippen molar-refractivity contribution in [2.75, 3.05) is 11.8 Å². The van der Waals surface area contributed by atoms with Gasteiger partial charge in [0.05, 0.1) is 12.8 Å². The number of aryl methyl sites for hydroxylation is 1. The molecule has 1 atom stereocenters. The summed E-state index contributed by atoms with van der Waals surface area (Å²) in [6, 6.07) is 7.60. The third-order valence-electron chi connectivity index (χ3n) is 1.49. The summed E-state index contributed by atoms with van der Waals surface area (Å²) in [5.74, 6) is 0. The van der Waals surface area contributed by atoms with Crippen molar-refractivity contribution in [3.8, 4) is 0 Å². The highest BCUT2D eigenvalue weighted by Gasteiger charge is 1.99. The van der Waals surface area contributed by atoms with Crippen LogP contribution in [0, 0.1) is 6.92 Å². The van der Waals surface area contributed by atoms with Gasteiger partial charge in [-0.15, -0.1) is 0 Å². The molecule has 66 valence electrons. The van der Waals surface area contributed by atoms with Gasteiger partial charge in [-0.05, 0) is 18.6 Å². The van der Waals surface area contributed by atoms with Crippen LogP contribution in [-0.2, 0) is 15.4 Å². The fraction of sp³-hybridized carbons (Fsp3) is 0.250. The average molecular weight is 185 g/mol. The van der Waals surface area contributed by atoms with E-state index in [9.17, 15) is 4.21 Å². The number of hydrogen-bond donors (Lipinski definition) is 1. The first-order valence-electron chi connectivity index (χ1n) is 3.52. The maximum absolute atomic E-state index is 10.9. The summed E-state index contributed by atoms with van der Waals surface area (Å²) >= 11 is -1.44. The fourth-order valence-electron chi connectivity index (χ4n) is 0.819. The molecule has 1 aromatic carbocycles. The van der Waals surface area contributed by atoms with E-state index in [1.54, 1.807) is 0 Å². The van der Waals surface area contributed by atoms with Crippen molar-refractivity contribution in [3.05, 3.63) is 29.8 Å². The smallest absolute Gasteiger partial charge is 0.261 e. The van der Waals surface area contributed by atoms with E-state index in [2.05, 4.69) is 8.91 Å². The third-order valence-corrected chi connectivity index (χ3v) is 2.18. The maximum atomic E-state index is 10.9. The Hall–Kier alpha value is -0.870. The second kappa shape index (κ2) is 4.23. The van der Waals surface area contributed by atoms with Gasteiger partial charge in [0, 0.05) is 0 Å². The summed E-state index contributed by atoms with van der Waals surface area (Å²) in [5.41, 5.74) is 1.88. The van der Waals surface area contributed by atoms with Crippen LogP contribution in [-0.4, -0.2) is 11.3 Å². The maximum Gasteiger partial charge on any atom is 0.261 e. The molecule has 1 rings (SSSR count). The molecule has 0 amide bonds. The summed E-state index contributed by atoms with van der Waals surface area (Å²) in [7, 11) is 1.39. The molecule has 1 aromatic rings. The van der Waals surface area contributed by atoms with Crippen LogP contribution in [0.5, 0.6) is 0 Å². The monoisotopic (exact) mass is 185 g/mol. The Labute approximate surface area is 74.5 Å². The minimum absolute atomic E-state index is 0.831. The third kappa shape index (κ3) is 2.32. The molecule has 0 aliphatic heterocycles. The van der Waals surface area contributed by atoms with Crippen molar-refractivity contribution in [2.24, 2.45) is 0 Å². The highest BCUT2D eigenvalue weighted by molar-refractivity contribution is 7.81. The van der Waals surface area contributed by atoms with Crippen molar-refractivity contribution in [2.45, 2.75) is 6.92 Å². The molecule has 0 radical (unpaired) electrons. The summed E-state index contributed by atoms with van der Waals surface area (Å²) in [5, 5.41) is 0. The highest BCUT2D eigenvalue weighted by atomic mass is 32.2. The van der Waals surface area contributed by atoms with E-state index in [1.165, 1.54) is 7.11 Å². The molecule has 12 heavy (non-hydrogen) atoms. The number of hydrogen-bond acceptors (Lipinski definition) is 2. The first-order chi connectivity index (χ1) is 5.74. The van der Waals surface area contributed by atoms with Gasteiger partial charge in [0.2, 0.25) is 0 Å². The quantitative estimate of drug-likeness (QED) is 0.777. The van der Waals surface area contributed by atoms with Gasteiger partial charge in [0.1, 0.15) is 0 Å². The zero-order chi connectivity index (χ0) is 8.97. The number of nitrogens with one attached hydrogen (secondary N) is 1. The van der Waals surface area contributed by atoms with Crippen LogP contribution in [0.1, 0.15) is 5.56 Å². The molecule has 4 heteroatoms. The molecule has 0 aromatic heterocycles. The molecule has 0 saturated heterocycles. The molecule has 3 nitrogen and oxygen atoms in total. The Morgan fingerprint density at radius 2 is 2.08 bits per heavy atom. The molecule has 0 bridgehead atoms. The van der Waals surface area contributed by atoms with Crippen LogP contribution >= 0.6 is 0 Å². The molecule has 0 spiro atoms. The van der Waals surface area contributed by atoms with Crippen LogP contribution in [0.4, 0.5) is 5.69 Å². The Morgan fingerprint density at radius 3 is 2.67 bits per heavy atom. The lowest BCUT2D eigenvalue weighted by Crippen LogP contribution is -2.06. The molecule has 0 aliphatic carbocycles. The van der Waals surface area contributed by atoms with Gasteiger partial charge in [-0.1, -0.05) is 18.2 Å². The van der Waals surface area contributed by atoms with Gasteiger partial charge in [0.15, 0.2) is 0 Å². The van der Waals surface area contributed by atoms with Crippen LogP contribution < -0.4 is 4.72 Å². The van der Waals surface area contributed by atoms with E-state index in [0.717, 1.165) is 11.3 Å². The second-order valence-electron chi connectivity index (χ2n) is 2.32. The van der Waals surface area contributed by atoms with Gasteiger partial charge < -0.3 is 0 Å². The molecule has 0 aliphatic rings. The Balaban J connectivity index is 2.75. The Kier molecular flexibility index (Phi) is 3.25. The Bertz CT molecular complexity index is 288. The predicted molar refractivity (Wildman–Crippen MR) is 50.0 cm³/mol. The summed E-state index contributed by atoms with van der Waals surface area (Å²) in [4.78, 5) is 0. The van der Waals surface area contributed by atoms with Gasteiger partial charge in [-0.3, -0.25) is 8.91 Å². The SMILES string of the molecule is COS(=O)Nc1ccccc1C. The van der Waals surface area contributed by atoms with Gasteiger partial charge in [0.25, 0.3) is 11.3 Å². The Morgan fingerprint density at radius 1 is 1.42 bits per heavy atom. The lowest BCUT2D eigenvalue weighted by molar-refractivity contribution is 0.449. The lowest BCUT2D eigenvalue weighted by Gasteiger charge is -2.05. The van der Waals surface area contributed by atoms with E-state index >= 15 is 0 Å². The number of benzene rings is 1. The standard InChI is InChI=1S/C8H11NO2S/c1-7-5-3-4-6-8(7)9-12(10)11-2/h3-6,9H,1-2H3. The van der Waals surface area contributed by atoms with Crippen molar-refractivity contribution in [1.29, 1.82) is 0 Å². The topological polar surface area (TPSA) is 38.3 Å². The molecule has 1 unspecified atom stereocenters. The fourth-order valence-corrected chi connectivity index (χ4v) is 1.31.